The zero-order valence-corrected chi connectivity index (χ0v) is 10.8. The lowest BCUT2D eigenvalue weighted by Crippen LogP contribution is -2.44. The summed E-state index contributed by atoms with van der Waals surface area (Å²) in [5.74, 6) is 0. The summed E-state index contributed by atoms with van der Waals surface area (Å²) in [6, 6.07) is 1.43. The van der Waals surface area contributed by atoms with Crippen LogP contribution in [0.15, 0.2) is 0 Å². The molecule has 0 saturated carbocycles. The quantitative estimate of drug-likeness (QED) is 0.770. The van der Waals surface area contributed by atoms with Crippen molar-refractivity contribution in [2.24, 2.45) is 0 Å². The molecule has 1 aliphatic rings. The number of hydrogen-bond donors (Lipinski definition) is 1. The number of nitrogens with zero attached hydrogens (tertiary/aromatic N) is 1. The van der Waals surface area contributed by atoms with Crippen LogP contribution in [-0.4, -0.2) is 36.6 Å². The molecule has 15 heavy (non-hydrogen) atoms. The van der Waals surface area contributed by atoms with Crippen molar-refractivity contribution >= 4 is 0 Å². The van der Waals surface area contributed by atoms with E-state index in [1.54, 1.807) is 0 Å². The molecule has 0 aromatic rings. The van der Waals surface area contributed by atoms with Crippen LogP contribution in [0.1, 0.15) is 52.9 Å². The van der Waals surface area contributed by atoms with Gasteiger partial charge in [0.1, 0.15) is 0 Å². The van der Waals surface area contributed by atoms with Crippen molar-refractivity contribution < 1.29 is 0 Å². The van der Waals surface area contributed by atoms with E-state index < -0.39 is 0 Å². The summed E-state index contributed by atoms with van der Waals surface area (Å²) in [6.07, 6.45) is 6.58. The lowest BCUT2D eigenvalue weighted by Gasteiger charge is -2.31. The fourth-order valence-corrected chi connectivity index (χ4v) is 2.32. The lowest BCUT2D eigenvalue weighted by molar-refractivity contribution is 0.210. The summed E-state index contributed by atoms with van der Waals surface area (Å²) < 4.78 is 0. The van der Waals surface area contributed by atoms with Gasteiger partial charge >= 0.3 is 0 Å². The number of nitrogens with one attached hydrogen (secondary N) is 1. The van der Waals surface area contributed by atoms with Crippen molar-refractivity contribution in [2.75, 3.05) is 19.6 Å². The van der Waals surface area contributed by atoms with Crippen LogP contribution in [0.5, 0.6) is 0 Å². The van der Waals surface area contributed by atoms with Gasteiger partial charge in [0, 0.05) is 12.1 Å². The highest BCUT2D eigenvalue weighted by Gasteiger charge is 2.16. The number of rotatable bonds is 4. The molecule has 1 N–H and O–H groups in total. The van der Waals surface area contributed by atoms with Gasteiger partial charge in [-0.25, -0.2) is 0 Å². The zero-order chi connectivity index (χ0) is 11.1. The summed E-state index contributed by atoms with van der Waals surface area (Å²) in [4.78, 5) is 2.66. The fraction of sp³-hybridized carbons (Fsp3) is 1.00. The summed E-state index contributed by atoms with van der Waals surface area (Å²) >= 11 is 0. The van der Waals surface area contributed by atoms with Gasteiger partial charge in [0.15, 0.2) is 0 Å². The van der Waals surface area contributed by atoms with Gasteiger partial charge in [-0.05, 0) is 52.2 Å². The molecule has 1 aliphatic heterocycles. The summed E-state index contributed by atoms with van der Waals surface area (Å²) in [6.45, 7) is 10.8. The topological polar surface area (TPSA) is 15.3 Å². The molecular formula is C13H28N2. The second-order valence-electron chi connectivity index (χ2n) is 4.95. The van der Waals surface area contributed by atoms with Gasteiger partial charge in [-0.1, -0.05) is 20.3 Å². The molecule has 1 heterocycles. The van der Waals surface area contributed by atoms with Gasteiger partial charge in [0.25, 0.3) is 0 Å². The van der Waals surface area contributed by atoms with Gasteiger partial charge in [0.2, 0.25) is 0 Å². The van der Waals surface area contributed by atoms with Crippen molar-refractivity contribution in [3.8, 4) is 0 Å². The first-order chi connectivity index (χ1) is 7.26. The monoisotopic (exact) mass is 212 g/mol. The predicted molar refractivity (Wildman–Crippen MR) is 67.3 cm³/mol. The average Bonchev–Trinajstić information content (AvgIpc) is 2.23. The van der Waals surface area contributed by atoms with Crippen LogP contribution < -0.4 is 5.32 Å². The van der Waals surface area contributed by atoms with Crippen molar-refractivity contribution in [2.45, 2.75) is 65.0 Å². The van der Waals surface area contributed by atoms with Gasteiger partial charge < -0.3 is 10.2 Å². The Morgan fingerprint density at radius 3 is 2.60 bits per heavy atom. The van der Waals surface area contributed by atoms with E-state index in [4.69, 9.17) is 0 Å². The van der Waals surface area contributed by atoms with E-state index in [1.165, 1.54) is 51.7 Å². The molecule has 0 bridgehead atoms. The largest absolute Gasteiger partial charge is 0.311 e. The van der Waals surface area contributed by atoms with Crippen molar-refractivity contribution in [1.82, 2.24) is 10.2 Å². The molecule has 0 aromatic carbocycles. The lowest BCUT2D eigenvalue weighted by atomic mass is 10.1. The van der Waals surface area contributed by atoms with Crippen LogP contribution in [-0.2, 0) is 0 Å². The zero-order valence-electron chi connectivity index (χ0n) is 10.8. The SMILES string of the molecule is CCCCN1CCC(C)NC(CC)CC1. The van der Waals surface area contributed by atoms with E-state index in [-0.39, 0.29) is 0 Å². The fourth-order valence-electron chi connectivity index (χ4n) is 2.32. The molecule has 1 fully saturated rings. The Kier molecular flexibility index (Phi) is 6.26. The molecule has 1 rings (SSSR count). The Morgan fingerprint density at radius 1 is 1.20 bits per heavy atom. The van der Waals surface area contributed by atoms with Gasteiger partial charge in [0.05, 0.1) is 0 Å². The van der Waals surface area contributed by atoms with Crippen molar-refractivity contribution in [3.63, 3.8) is 0 Å². The maximum absolute atomic E-state index is 3.72. The molecule has 2 heteroatoms. The Morgan fingerprint density at radius 2 is 1.93 bits per heavy atom. The molecule has 0 aromatic heterocycles. The van der Waals surface area contributed by atoms with E-state index >= 15 is 0 Å². The maximum atomic E-state index is 3.72. The minimum atomic E-state index is 0.694. The number of hydrogen-bond acceptors (Lipinski definition) is 2. The summed E-state index contributed by atoms with van der Waals surface area (Å²) in [5, 5.41) is 3.72. The Bertz CT molecular complexity index is 159. The summed E-state index contributed by atoms with van der Waals surface area (Å²) in [5.41, 5.74) is 0. The smallest absolute Gasteiger partial charge is 0.00790 e. The molecule has 0 aliphatic carbocycles. The highest BCUT2D eigenvalue weighted by atomic mass is 15.1. The summed E-state index contributed by atoms with van der Waals surface area (Å²) in [7, 11) is 0. The standard InChI is InChI=1S/C13H28N2/c1-4-6-9-15-10-7-12(3)14-13(5-2)8-11-15/h12-14H,4-11H2,1-3H3. The third kappa shape index (κ3) is 4.98. The Balaban J connectivity index is 2.34. The Labute approximate surface area is 95.4 Å². The van der Waals surface area contributed by atoms with Crippen LogP contribution in [0.3, 0.4) is 0 Å². The molecule has 2 atom stereocenters. The second kappa shape index (κ2) is 7.24. The maximum Gasteiger partial charge on any atom is 0.00790 e. The highest BCUT2D eigenvalue weighted by molar-refractivity contribution is 4.76. The first-order valence-corrected chi connectivity index (χ1v) is 6.74. The average molecular weight is 212 g/mol. The first-order valence-electron chi connectivity index (χ1n) is 6.74. The molecule has 0 amide bonds. The first kappa shape index (κ1) is 13.0. The Hall–Kier alpha value is -0.0800. The third-order valence-electron chi connectivity index (χ3n) is 3.51. The highest BCUT2D eigenvalue weighted by Crippen LogP contribution is 2.09. The molecular weight excluding hydrogens is 184 g/mol. The van der Waals surface area contributed by atoms with Gasteiger partial charge in [-0.15, -0.1) is 0 Å². The van der Waals surface area contributed by atoms with E-state index in [2.05, 4.69) is 31.0 Å². The van der Waals surface area contributed by atoms with Crippen LogP contribution in [0, 0.1) is 0 Å². The molecule has 90 valence electrons. The van der Waals surface area contributed by atoms with Gasteiger partial charge in [-0.2, -0.15) is 0 Å². The molecule has 1 saturated heterocycles. The van der Waals surface area contributed by atoms with E-state index in [0.717, 1.165) is 6.04 Å². The van der Waals surface area contributed by atoms with Crippen LogP contribution in [0.4, 0.5) is 0 Å². The normalized spacial score (nSPS) is 29.8. The minimum absolute atomic E-state index is 0.694. The molecule has 0 radical (unpaired) electrons. The minimum Gasteiger partial charge on any atom is -0.311 e. The predicted octanol–water partition coefficient (Wildman–Crippen LogP) is 2.64. The van der Waals surface area contributed by atoms with Crippen molar-refractivity contribution in [3.05, 3.63) is 0 Å². The van der Waals surface area contributed by atoms with E-state index in [0.29, 0.717) is 6.04 Å². The van der Waals surface area contributed by atoms with Crippen molar-refractivity contribution in [1.29, 1.82) is 0 Å². The molecule has 0 spiro atoms. The molecule has 2 nitrogen and oxygen atoms in total. The second-order valence-corrected chi connectivity index (χ2v) is 4.95. The van der Waals surface area contributed by atoms with E-state index in [1.807, 2.05) is 0 Å². The van der Waals surface area contributed by atoms with Crippen LogP contribution >= 0.6 is 0 Å². The third-order valence-corrected chi connectivity index (χ3v) is 3.51. The molecule has 2 unspecified atom stereocenters. The van der Waals surface area contributed by atoms with E-state index in [9.17, 15) is 0 Å². The van der Waals surface area contributed by atoms with Crippen LogP contribution in [0.2, 0.25) is 0 Å². The van der Waals surface area contributed by atoms with Crippen LogP contribution in [0.25, 0.3) is 0 Å². The van der Waals surface area contributed by atoms with Gasteiger partial charge in [-0.3, -0.25) is 0 Å². The number of unbranched alkanes of at least 4 members (excludes halogenated alkanes) is 1.